The molecule has 0 unspecified atom stereocenters. The zero-order valence-corrected chi connectivity index (χ0v) is 19.6. The fourth-order valence-electron chi connectivity index (χ4n) is 3.87. The molecule has 2 aromatic heterocycles. The summed E-state index contributed by atoms with van der Waals surface area (Å²) in [5, 5.41) is 14.8. The zero-order valence-electron chi connectivity index (χ0n) is 19.6. The molecule has 5 N–H and O–H groups in total. The van der Waals surface area contributed by atoms with Gasteiger partial charge in [-0.05, 0) is 75.2 Å². The number of aliphatic hydroxyl groups is 1. The van der Waals surface area contributed by atoms with Crippen molar-refractivity contribution in [3.63, 3.8) is 0 Å². The molecule has 0 radical (unpaired) electrons. The Morgan fingerprint density at radius 2 is 2.09 bits per heavy atom. The van der Waals surface area contributed by atoms with Gasteiger partial charge in [-0.25, -0.2) is 4.98 Å². The maximum Gasteiger partial charge on any atom is 0.547 e. The first-order valence-corrected chi connectivity index (χ1v) is 11.2. The Balaban J connectivity index is 1.59. The van der Waals surface area contributed by atoms with Crippen molar-refractivity contribution in [2.75, 3.05) is 24.1 Å². The minimum absolute atomic E-state index is 0.0246. The van der Waals surface area contributed by atoms with E-state index in [4.69, 9.17) is 10.5 Å². The number of H-pyrrole nitrogens is 1. The summed E-state index contributed by atoms with van der Waals surface area (Å²) in [4.78, 5) is 7.96. The van der Waals surface area contributed by atoms with E-state index in [9.17, 15) is 5.11 Å². The SMILES string of the molecule is C/C=C\c1cc(Nc2ccnc3[nH]c(C4=CC[N+](=C(O)OC(C)(C)C)CC4)cc23)ccc1N. The number of rotatable bonds is 4. The van der Waals surface area contributed by atoms with E-state index in [1.165, 1.54) is 5.57 Å². The monoisotopic (exact) mass is 446 g/mol. The molecule has 172 valence electrons. The second-order valence-corrected chi connectivity index (χ2v) is 9.19. The molecule has 0 saturated heterocycles. The number of ether oxygens (including phenoxy) is 1. The quantitative estimate of drug-likeness (QED) is 0.243. The molecule has 33 heavy (non-hydrogen) atoms. The van der Waals surface area contributed by atoms with Crippen LogP contribution in [0.1, 0.15) is 45.4 Å². The van der Waals surface area contributed by atoms with Crippen LogP contribution in [0.4, 0.5) is 17.1 Å². The van der Waals surface area contributed by atoms with Gasteiger partial charge in [0, 0.05) is 35.1 Å². The fourth-order valence-corrected chi connectivity index (χ4v) is 3.87. The van der Waals surface area contributed by atoms with Crippen molar-refractivity contribution < 1.29 is 14.4 Å². The first-order valence-electron chi connectivity index (χ1n) is 11.2. The Kier molecular flexibility index (Phi) is 6.14. The molecule has 0 saturated carbocycles. The molecule has 7 heteroatoms. The highest BCUT2D eigenvalue weighted by Crippen LogP contribution is 2.31. The lowest BCUT2D eigenvalue weighted by Crippen LogP contribution is -2.33. The van der Waals surface area contributed by atoms with Crippen LogP contribution in [0.15, 0.2) is 48.7 Å². The molecule has 0 atom stereocenters. The zero-order chi connectivity index (χ0) is 23.6. The smallest absolute Gasteiger partial charge is 0.430 e. The predicted octanol–water partition coefficient (Wildman–Crippen LogP) is 5.45. The Hall–Kier alpha value is -3.74. The second-order valence-electron chi connectivity index (χ2n) is 9.19. The van der Waals surface area contributed by atoms with E-state index in [0.29, 0.717) is 13.1 Å². The minimum atomic E-state index is -0.432. The fraction of sp³-hybridized carbons (Fsp3) is 0.308. The van der Waals surface area contributed by atoms with E-state index in [1.807, 2.05) is 68.7 Å². The van der Waals surface area contributed by atoms with Gasteiger partial charge in [-0.3, -0.25) is 0 Å². The third kappa shape index (κ3) is 5.19. The average Bonchev–Trinajstić information content (AvgIpc) is 3.21. The minimum Gasteiger partial charge on any atom is -0.430 e. The summed E-state index contributed by atoms with van der Waals surface area (Å²) in [7, 11) is 0. The van der Waals surface area contributed by atoms with Crippen LogP contribution in [-0.2, 0) is 4.74 Å². The molecule has 3 aromatic rings. The number of nitrogens with one attached hydrogen (secondary N) is 2. The Labute approximate surface area is 194 Å². The highest BCUT2D eigenvalue weighted by molar-refractivity contribution is 5.94. The molecule has 0 bridgehead atoms. The number of aromatic nitrogens is 2. The van der Waals surface area contributed by atoms with E-state index < -0.39 is 5.60 Å². The second kappa shape index (κ2) is 9.02. The van der Waals surface area contributed by atoms with Crippen LogP contribution in [0, 0.1) is 0 Å². The number of fused-ring (bicyclic) bond motifs is 1. The van der Waals surface area contributed by atoms with Crippen LogP contribution < -0.4 is 11.1 Å². The van der Waals surface area contributed by atoms with Crippen molar-refractivity contribution in [1.82, 2.24) is 9.97 Å². The molecule has 4 rings (SSSR count). The maximum atomic E-state index is 10.3. The standard InChI is InChI=1S/C26H31N5O2/c1-5-6-18-15-19(7-8-21(18)27)29-22-9-12-28-24-20(22)16-23(30-24)17-10-13-31(14-11-17)25(32)33-26(2,3)4/h5-10,12,15-16H,11,13-14,27H2,1-4H3,(H2,28,29,30)/p+1/b6-5-. The van der Waals surface area contributed by atoms with Crippen LogP contribution >= 0.6 is 0 Å². The number of hydrogen-bond donors (Lipinski definition) is 4. The summed E-state index contributed by atoms with van der Waals surface area (Å²) >= 11 is 0. The van der Waals surface area contributed by atoms with Crippen LogP contribution in [0.2, 0.25) is 0 Å². The summed E-state index contributed by atoms with van der Waals surface area (Å²) in [6.07, 6.45) is 8.65. The third-order valence-corrected chi connectivity index (χ3v) is 5.47. The number of anilines is 3. The Morgan fingerprint density at radius 3 is 2.79 bits per heavy atom. The van der Waals surface area contributed by atoms with E-state index in [1.54, 1.807) is 6.20 Å². The van der Waals surface area contributed by atoms with E-state index in [0.717, 1.165) is 45.8 Å². The molecule has 3 heterocycles. The van der Waals surface area contributed by atoms with E-state index in [-0.39, 0.29) is 6.08 Å². The first kappa shape index (κ1) is 22.5. The molecule has 1 aromatic carbocycles. The topological polar surface area (TPSA) is 99.2 Å². The number of aliphatic hydroxyl groups excluding tert-OH is 1. The number of benzene rings is 1. The predicted molar refractivity (Wildman–Crippen MR) is 136 cm³/mol. The van der Waals surface area contributed by atoms with Gasteiger partial charge in [-0.15, -0.1) is 0 Å². The number of pyridine rings is 1. The molecule has 1 aliphatic rings. The van der Waals surface area contributed by atoms with Crippen molar-refractivity contribution in [3.8, 4) is 0 Å². The Bertz CT molecular complexity index is 1260. The molecule has 7 nitrogen and oxygen atoms in total. The van der Waals surface area contributed by atoms with Gasteiger partial charge in [0.25, 0.3) is 0 Å². The van der Waals surface area contributed by atoms with Gasteiger partial charge >= 0.3 is 6.08 Å². The number of nitrogens with zero attached hydrogens (tertiary/aromatic N) is 2. The summed E-state index contributed by atoms with van der Waals surface area (Å²) in [6, 6.07) is 10.0. The lowest BCUT2D eigenvalue weighted by Gasteiger charge is -2.19. The normalized spacial score (nSPS) is 16.2. The summed E-state index contributed by atoms with van der Waals surface area (Å²) in [5.41, 5.74) is 12.4. The van der Waals surface area contributed by atoms with Crippen LogP contribution in [0.25, 0.3) is 22.7 Å². The molecule has 0 aliphatic carbocycles. The van der Waals surface area contributed by atoms with Gasteiger partial charge in [0.05, 0.1) is 5.69 Å². The van der Waals surface area contributed by atoms with Crippen molar-refractivity contribution in [2.45, 2.75) is 39.7 Å². The van der Waals surface area contributed by atoms with Gasteiger partial charge in [-0.1, -0.05) is 12.2 Å². The van der Waals surface area contributed by atoms with Crippen LogP contribution in [0.3, 0.4) is 0 Å². The summed E-state index contributed by atoms with van der Waals surface area (Å²) in [6.45, 7) is 9.00. The first-order chi connectivity index (χ1) is 15.7. The van der Waals surface area contributed by atoms with Gasteiger partial charge in [-0.2, -0.15) is 4.58 Å². The number of nitrogens with two attached hydrogens (primary N) is 1. The molecule has 0 spiro atoms. The average molecular weight is 447 g/mol. The summed E-state index contributed by atoms with van der Waals surface area (Å²) < 4.78 is 7.44. The van der Waals surface area contributed by atoms with Crippen LogP contribution in [-0.4, -0.2) is 44.4 Å². The highest BCUT2D eigenvalue weighted by Gasteiger charge is 2.25. The lowest BCUT2D eigenvalue weighted by atomic mass is 10.1. The van der Waals surface area contributed by atoms with Crippen LogP contribution in [0.5, 0.6) is 0 Å². The van der Waals surface area contributed by atoms with Gasteiger partial charge in [0.2, 0.25) is 0 Å². The van der Waals surface area contributed by atoms with Gasteiger partial charge in [0.1, 0.15) is 11.2 Å². The van der Waals surface area contributed by atoms with Crippen molar-refractivity contribution in [2.24, 2.45) is 0 Å². The third-order valence-electron chi connectivity index (χ3n) is 5.47. The van der Waals surface area contributed by atoms with Gasteiger partial charge in [0.15, 0.2) is 13.1 Å². The van der Waals surface area contributed by atoms with E-state index >= 15 is 0 Å². The summed E-state index contributed by atoms with van der Waals surface area (Å²) in [5.74, 6) is 0. The van der Waals surface area contributed by atoms with Gasteiger partial charge < -0.3 is 25.9 Å². The number of aromatic amines is 1. The van der Waals surface area contributed by atoms with Crippen molar-refractivity contribution in [3.05, 3.63) is 59.9 Å². The molecule has 1 aliphatic heterocycles. The number of hydrogen-bond acceptors (Lipinski definition) is 4. The van der Waals surface area contributed by atoms with Crippen molar-refractivity contribution in [1.29, 1.82) is 0 Å². The number of nitrogen functional groups attached to an aromatic ring is 1. The molecular formula is C26H32N5O2+. The molecule has 0 amide bonds. The highest BCUT2D eigenvalue weighted by atomic mass is 16.6. The Morgan fingerprint density at radius 1 is 1.27 bits per heavy atom. The largest absolute Gasteiger partial charge is 0.547 e. The van der Waals surface area contributed by atoms with E-state index in [2.05, 4.69) is 27.4 Å². The molecule has 0 fully saturated rings. The maximum absolute atomic E-state index is 10.3. The molecular weight excluding hydrogens is 414 g/mol. The van der Waals surface area contributed by atoms with Crippen molar-refractivity contribution >= 4 is 45.8 Å². The number of allylic oxidation sites excluding steroid dienone is 1. The lowest BCUT2D eigenvalue weighted by molar-refractivity contribution is -0.538.